The van der Waals surface area contributed by atoms with Crippen molar-refractivity contribution in [2.45, 2.75) is 20.8 Å². The molecule has 0 aliphatic rings. The van der Waals surface area contributed by atoms with Gasteiger partial charge >= 0.3 is 11.9 Å². The quantitative estimate of drug-likeness (QED) is 0.582. The van der Waals surface area contributed by atoms with Crippen LogP contribution < -0.4 is 4.74 Å². The zero-order chi connectivity index (χ0) is 17.7. The number of carbonyl (C=O) groups excluding carboxylic acids is 2. The summed E-state index contributed by atoms with van der Waals surface area (Å²) in [6, 6.07) is 11.2. The first-order valence-electron chi connectivity index (χ1n) is 7.62. The average molecular weight is 347 g/mol. The van der Waals surface area contributed by atoms with Gasteiger partial charge in [-0.15, -0.1) is 0 Å². The van der Waals surface area contributed by atoms with Crippen molar-refractivity contribution in [3.05, 3.63) is 64.2 Å². The normalized spacial score (nSPS) is 10.5. The van der Waals surface area contributed by atoms with Crippen LogP contribution in [0.2, 0.25) is 5.02 Å². The molecule has 4 nitrogen and oxygen atoms in total. The number of hydrogen-bond donors (Lipinski definition) is 0. The van der Waals surface area contributed by atoms with E-state index in [9.17, 15) is 9.59 Å². The van der Waals surface area contributed by atoms with E-state index in [0.717, 1.165) is 5.56 Å². The molecule has 5 heteroatoms. The maximum Gasteiger partial charge on any atom is 0.343 e. The molecule has 0 aromatic heterocycles. The second kappa shape index (κ2) is 7.97. The van der Waals surface area contributed by atoms with Gasteiger partial charge < -0.3 is 9.47 Å². The molecule has 0 bridgehead atoms. The number of halogens is 1. The van der Waals surface area contributed by atoms with Gasteiger partial charge in [0, 0.05) is 5.02 Å². The third-order valence-electron chi connectivity index (χ3n) is 3.22. The first kappa shape index (κ1) is 18.0. The lowest BCUT2D eigenvalue weighted by Gasteiger charge is -2.09. The average Bonchev–Trinajstić information content (AvgIpc) is 2.56. The van der Waals surface area contributed by atoms with Gasteiger partial charge in [0.1, 0.15) is 5.75 Å². The van der Waals surface area contributed by atoms with E-state index < -0.39 is 11.9 Å². The fraction of sp³-hybridized carbons (Fsp3) is 0.263. The molecular formula is C19H19ClO4. The highest BCUT2D eigenvalue weighted by Crippen LogP contribution is 2.22. The van der Waals surface area contributed by atoms with Gasteiger partial charge in [0.05, 0.1) is 17.7 Å². The van der Waals surface area contributed by atoms with Crippen molar-refractivity contribution in [1.82, 2.24) is 0 Å². The molecule has 2 aromatic rings. The second-order valence-corrected chi connectivity index (χ2v) is 6.28. The third-order valence-corrected chi connectivity index (χ3v) is 3.65. The summed E-state index contributed by atoms with van der Waals surface area (Å²) in [5.41, 5.74) is 1.41. The summed E-state index contributed by atoms with van der Waals surface area (Å²) < 4.78 is 10.5. The number of hydrogen-bond acceptors (Lipinski definition) is 4. The Kier molecular flexibility index (Phi) is 5.99. The van der Waals surface area contributed by atoms with Crippen LogP contribution in [0.4, 0.5) is 0 Å². The molecule has 2 rings (SSSR count). The van der Waals surface area contributed by atoms with Crippen LogP contribution in [0.15, 0.2) is 42.5 Å². The zero-order valence-electron chi connectivity index (χ0n) is 13.8. The lowest BCUT2D eigenvalue weighted by molar-refractivity contribution is 0.0459. The van der Waals surface area contributed by atoms with Crippen LogP contribution in [-0.2, 0) is 4.74 Å². The molecule has 0 N–H and O–H groups in total. The molecule has 0 aliphatic heterocycles. The summed E-state index contributed by atoms with van der Waals surface area (Å²) in [5, 5.41) is 0.602. The Labute approximate surface area is 146 Å². The Balaban J connectivity index is 2.11. The summed E-state index contributed by atoms with van der Waals surface area (Å²) in [5.74, 6) is -0.360. The molecule has 0 atom stereocenters. The van der Waals surface area contributed by atoms with E-state index in [1.165, 1.54) is 6.07 Å². The monoisotopic (exact) mass is 346 g/mol. The SMILES string of the molecule is Cc1cc(OC(=O)c2cccc(C(=O)OCC(C)C)c2)ccc1Cl. The summed E-state index contributed by atoms with van der Waals surface area (Å²) in [6.07, 6.45) is 0. The predicted molar refractivity (Wildman–Crippen MR) is 92.7 cm³/mol. The van der Waals surface area contributed by atoms with E-state index >= 15 is 0 Å². The molecular weight excluding hydrogens is 328 g/mol. The van der Waals surface area contributed by atoms with Gasteiger partial charge in [-0.2, -0.15) is 0 Å². The molecule has 0 unspecified atom stereocenters. The minimum absolute atomic E-state index is 0.246. The van der Waals surface area contributed by atoms with Crippen molar-refractivity contribution in [3.63, 3.8) is 0 Å². The maximum atomic E-state index is 12.2. The molecule has 126 valence electrons. The van der Waals surface area contributed by atoms with E-state index in [4.69, 9.17) is 21.1 Å². The van der Waals surface area contributed by atoms with Crippen LogP contribution in [0, 0.1) is 12.8 Å². The van der Waals surface area contributed by atoms with E-state index in [0.29, 0.717) is 22.9 Å². The van der Waals surface area contributed by atoms with E-state index in [2.05, 4.69) is 0 Å². The van der Waals surface area contributed by atoms with Crippen LogP contribution >= 0.6 is 11.6 Å². The van der Waals surface area contributed by atoms with Crippen LogP contribution in [0.1, 0.15) is 40.1 Å². The Bertz CT molecular complexity index is 753. The second-order valence-electron chi connectivity index (χ2n) is 5.87. The molecule has 0 fully saturated rings. The lowest BCUT2D eigenvalue weighted by Crippen LogP contribution is -2.13. The van der Waals surface area contributed by atoms with Crippen LogP contribution in [0.3, 0.4) is 0 Å². The Morgan fingerprint density at radius 2 is 1.71 bits per heavy atom. The Morgan fingerprint density at radius 3 is 2.33 bits per heavy atom. The largest absolute Gasteiger partial charge is 0.462 e. The minimum atomic E-state index is -0.546. The Hall–Kier alpha value is -2.33. The van der Waals surface area contributed by atoms with Crippen molar-refractivity contribution in [1.29, 1.82) is 0 Å². The highest BCUT2D eigenvalue weighted by Gasteiger charge is 2.14. The van der Waals surface area contributed by atoms with Crippen LogP contribution in [0.25, 0.3) is 0 Å². The number of rotatable bonds is 5. The molecule has 0 saturated heterocycles. The number of carbonyl (C=O) groups is 2. The first-order valence-corrected chi connectivity index (χ1v) is 8.00. The Morgan fingerprint density at radius 1 is 1.04 bits per heavy atom. The van der Waals surface area contributed by atoms with E-state index in [1.807, 2.05) is 20.8 Å². The molecule has 0 aliphatic carbocycles. The molecule has 24 heavy (non-hydrogen) atoms. The van der Waals surface area contributed by atoms with Gasteiger partial charge in [-0.3, -0.25) is 0 Å². The summed E-state index contributed by atoms with van der Waals surface area (Å²) in [4.78, 5) is 24.2. The standard InChI is InChI=1S/C19H19ClO4/c1-12(2)11-23-18(21)14-5-4-6-15(10-14)19(22)24-16-7-8-17(20)13(3)9-16/h4-10,12H,11H2,1-3H3. The van der Waals surface area contributed by atoms with Crippen LogP contribution in [-0.4, -0.2) is 18.5 Å². The van der Waals surface area contributed by atoms with E-state index in [1.54, 1.807) is 36.4 Å². The summed E-state index contributed by atoms with van der Waals surface area (Å²) in [7, 11) is 0. The third kappa shape index (κ3) is 4.83. The molecule has 0 saturated carbocycles. The number of benzene rings is 2. The molecule has 0 spiro atoms. The first-order chi connectivity index (χ1) is 11.4. The van der Waals surface area contributed by atoms with Gasteiger partial charge in [-0.05, 0) is 54.8 Å². The molecule has 0 amide bonds. The van der Waals surface area contributed by atoms with Crippen molar-refractivity contribution in [2.24, 2.45) is 5.92 Å². The molecule has 0 heterocycles. The van der Waals surface area contributed by atoms with Crippen LogP contribution in [0.5, 0.6) is 5.75 Å². The maximum absolute atomic E-state index is 12.2. The number of ether oxygens (including phenoxy) is 2. The summed E-state index contributed by atoms with van der Waals surface area (Å²) in [6.45, 7) is 6.06. The van der Waals surface area contributed by atoms with Gasteiger partial charge in [-0.1, -0.05) is 31.5 Å². The van der Waals surface area contributed by atoms with Gasteiger partial charge in [-0.25, -0.2) is 9.59 Å². The smallest absolute Gasteiger partial charge is 0.343 e. The highest BCUT2D eigenvalue weighted by molar-refractivity contribution is 6.31. The zero-order valence-corrected chi connectivity index (χ0v) is 14.6. The van der Waals surface area contributed by atoms with Gasteiger partial charge in [0.25, 0.3) is 0 Å². The highest BCUT2D eigenvalue weighted by atomic mass is 35.5. The summed E-state index contributed by atoms with van der Waals surface area (Å²) >= 11 is 5.95. The van der Waals surface area contributed by atoms with Crippen molar-refractivity contribution >= 4 is 23.5 Å². The molecule has 2 aromatic carbocycles. The van der Waals surface area contributed by atoms with E-state index in [-0.39, 0.29) is 11.5 Å². The van der Waals surface area contributed by atoms with Crippen molar-refractivity contribution < 1.29 is 19.1 Å². The minimum Gasteiger partial charge on any atom is -0.462 e. The number of aryl methyl sites for hydroxylation is 1. The van der Waals surface area contributed by atoms with Gasteiger partial charge in [0.15, 0.2) is 0 Å². The predicted octanol–water partition coefficient (Wildman–Crippen LogP) is 4.68. The number of esters is 2. The lowest BCUT2D eigenvalue weighted by atomic mass is 10.1. The topological polar surface area (TPSA) is 52.6 Å². The van der Waals surface area contributed by atoms with Crippen molar-refractivity contribution in [3.8, 4) is 5.75 Å². The fourth-order valence-corrected chi connectivity index (χ4v) is 2.06. The van der Waals surface area contributed by atoms with Crippen molar-refractivity contribution in [2.75, 3.05) is 6.61 Å². The fourth-order valence-electron chi connectivity index (χ4n) is 1.95. The molecule has 0 radical (unpaired) electrons. The van der Waals surface area contributed by atoms with Gasteiger partial charge in [0.2, 0.25) is 0 Å².